The van der Waals surface area contributed by atoms with Crippen LogP contribution in [-0.2, 0) is 11.4 Å². The van der Waals surface area contributed by atoms with E-state index in [2.05, 4.69) is 10.6 Å². The van der Waals surface area contributed by atoms with Crippen LogP contribution in [0.1, 0.15) is 22.8 Å². The summed E-state index contributed by atoms with van der Waals surface area (Å²) < 4.78 is 5.73. The van der Waals surface area contributed by atoms with Crippen molar-refractivity contribution >= 4 is 29.1 Å². The number of ether oxygens (including phenoxy) is 1. The Morgan fingerprint density at radius 3 is 2.24 bits per heavy atom. The Hall–Kier alpha value is -3.31. The predicted octanol–water partition coefficient (Wildman–Crippen LogP) is 4.68. The average molecular weight is 409 g/mol. The third-order valence-electron chi connectivity index (χ3n) is 4.22. The molecule has 0 bridgehead atoms. The molecule has 0 heterocycles. The van der Waals surface area contributed by atoms with Crippen LogP contribution in [0.5, 0.6) is 5.75 Å². The molecule has 1 unspecified atom stereocenters. The first-order chi connectivity index (χ1) is 14.0. The van der Waals surface area contributed by atoms with E-state index in [0.717, 1.165) is 5.56 Å². The number of halogens is 1. The maximum atomic E-state index is 12.4. The fourth-order valence-corrected chi connectivity index (χ4v) is 2.70. The summed E-state index contributed by atoms with van der Waals surface area (Å²) in [7, 11) is 0. The van der Waals surface area contributed by atoms with Crippen molar-refractivity contribution in [3.63, 3.8) is 0 Å². The lowest BCUT2D eigenvalue weighted by molar-refractivity contribution is -0.117. The molecule has 0 spiro atoms. The van der Waals surface area contributed by atoms with Gasteiger partial charge in [-0.05, 0) is 61.0 Å². The minimum absolute atomic E-state index is 0.315. The zero-order chi connectivity index (χ0) is 20.6. The number of hydrogen-bond donors (Lipinski definition) is 2. The minimum atomic E-state index is -0.702. The highest BCUT2D eigenvalue weighted by atomic mass is 35.5. The zero-order valence-corrected chi connectivity index (χ0v) is 16.6. The molecular weight excluding hydrogens is 388 g/mol. The van der Waals surface area contributed by atoms with E-state index in [4.69, 9.17) is 16.3 Å². The van der Waals surface area contributed by atoms with Crippen molar-refractivity contribution < 1.29 is 14.3 Å². The molecule has 0 aliphatic carbocycles. The van der Waals surface area contributed by atoms with Crippen molar-refractivity contribution in [3.8, 4) is 5.75 Å². The van der Waals surface area contributed by atoms with Crippen LogP contribution in [0.3, 0.4) is 0 Å². The van der Waals surface area contributed by atoms with Gasteiger partial charge in [-0.3, -0.25) is 9.59 Å². The van der Waals surface area contributed by atoms with Gasteiger partial charge in [-0.15, -0.1) is 0 Å². The number of rotatable bonds is 7. The van der Waals surface area contributed by atoms with Crippen LogP contribution in [0.2, 0.25) is 5.02 Å². The summed E-state index contributed by atoms with van der Waals surface area (Å²) in [6.07, 6.45) is 0. The maximum Gasteiger partial charge on any atom is 0.251 e. The number of amides is 2. The second-order valence-electron chi connectivity index (χ2n) is 6.49. The van der Waals surface area contributed by atoms with Crippen LogP contribution in [0.25, 0.3) is 0 Å². The Labute approximate surface area is 174 Å². The average Bonchev–Trinajstić information content (AvgIpc) is 2.74. The highest BCUT2D eigenvalue weighted by Gasteiger charge is 2.16. The summed E-state index contributed by atoms with van der Waals surface area (Å²) in [5.74, 6) is 0.0511. The highest BCUT2D eigenvalue weighted by Crippen LogP contribution is 2.17. The first kappa shape index (κ1) is 20.4. The Morgan fingerprint density at radius 2 is 1.59 bits per heavy atom. The Kier molecular flexibility index (Phi) is 6.87. The van der Waals surface area contributed by atoms with E-state index in [1.165, 1.54) is 0 Å². The zero-order valence-electron chi connectivity index (χ0n) is 15.9. The number of benzene rings is 3. The molecule has 0 saturated carbocycles. The van der Waals surface area contributed by atoms with Gasteiger partial charge in [-0.1, -0.05) is 41.9 Å². The summed E-state index contributed by atoms with van der Waals surface area (Å²) >= 11 is 5.82. The normalized spacial score (nSPS) is 11.4. The maximum absolute atomic E-state index is 12.4. The number of anilines is 1. The largest absolute Gasteiger partial charge is 0.489 e. The Balaban J connectivity index is 1.50. The van der Waals surface area contributed by atoms with Crippen LogP contribution < -0.4 is 15.4 Å². The summed E-state index contributed by atoms with van der Waals surface area (Å²) in [4.78, 5) is 24.6. The fourth-order valence-electron chi connectivity index (χ4n) is 2.57. The molecule has 3 aromatic carbocycles. The lowest BCUT2D eigenvalue weighted by Gasteiger charge is -2.14. The molecule has 6 heteroatoms. The lowest BCUT2D eigenvalue weighted by Crippen LogP contribution is -2.41. The van der Waals surface area contributed by atoms with Crippen molar-refractivity contribution in [2.45, 2.75) is 19.6 Å². The molecule has 0 aromatic heterocycles. The monoisotopic (exact) mass is 408 g/mol. The van der Waals surface area contributed by atoms with Gasteiger partial charge in [-0.2, -0.15) is 0 Å². The van der Waals surface area contributed by atoms with E-state index in [0.29, 0.717) is 28.6 Å². The lowest BCUT2D eigenvalue weighted by atomic mass is 10.2. The van der Waals surface area contributed by atoms with Gasteiger partial charge in [-0.25, -0.2) is 0 Å². The smallest absolute Gasteiger partial charge is 0.251 e. The van der Waals surface area contributed by atoms with Gasteiger partial charge < -0.3 is 15.4 Å². The van der Waals surface area contributed by atoms with Gasteiger partial charge in [0.1, 0.15) is 18.4 Å². The number of hydrogen-bond acceptors (Lipinski definition) is 3. The summed E-state index contributed by atoms with van der Waals surface area (Å²) in [6, 6.07) is 22.7. The van der Waals surface area contributed by atoms with E-state index in [-0.39, 0.29) is 11.8 Å². The van der Waals surface area contributed by atoms with E-state index in [1.807, 2.05) is 30.3 Å². The second kappa shape index (κ2) is 9.75. The fraction of sp³-hybridized carbons (Fsp3) is 0.130. The molecule has 2 amide bonds. The first-order valence-electron chi connectivity index (χ1n) is 9.15. The van der Waals surface area contributed by atoms with Crippen LogP contribution in [0, 0.1) is 0 Å². The third-order valence-corrected chi connectivity index (χ3v) is 4.47. The SMILES string of the molecule is CC(NC(=O)c1ccc(Cl)cc1)C(=O)Nc1ccc(OCc2ccccc2)cc1. The topological polar surface area (TPSA) is 67.4 Å². The van der Waals surface area contributed by atoms with Gasteiger partial charge >= 0.3 is 0 Å². The summed E-state index contributed by atoms with van der Waals surface area (Å²) in [5.41, 5.74) is 2.14. The molecule has 5 nitrogen and oxygen atoms in total. The van der Waals surface area contributed by atoms with Crippen molar-refractivity contribution in [2.24, 2.45) is 0 Å². The molecule has 2 N–H and O–H groups in total. The molecule has 148 valence electrons. The van der Waals surface area contributed by atoms with Crippen molar-refractivity contribution in [1.29, 1.82) is 0 Å². The van der Waals surface area contributed by atoms with Gasteiger partial charge in [0.2, 0.25) is 5.91 Å². The van der Waals surface area contributed by atoms with E-state index < -0.39 is 6.04 Å². The Morgan fingerprint density at radius 1 is 0.931 bits per heavy atom. The van der Waals surface area contributed by atoms with Crippen LogP contribution >= 0.6 is 11.6 Å². The molecule has 3 aromatic rings. The predicted molar refractivity (Wildman–Crippen MR) is 114 cm³/mol. The molecule has 0 aliphatic rings. The van der Waals surface area contributed by atoms with Crippen LogP contribution in [-0.4, -0.2) is 17.9 Å². The van der Waals surface area contributed by atoms with Crippen molar-refractivity contribution in [1.82, 2.24) is 5.32 Å². The van der Waals surface area contributed by atoms with Gasteiger partial charge in [0, 0.05) is 16.3 Å². The molecular formula is C23H21ClN2O3. The van der Waals surface area contributed by atoms with E-state index >= 15 is 0 Å². The van der Waals surface area contributed by atoms with Crippen LogP contribution in [0.15, 0.2) is 78.9 Å². The van der Waals surface area contributed by atoms with Gasteiger partial charge in [0.25, 0.3) is 5.91 Å². The van der Waals surface area contributed by atoms with Crippen molar-refractivity contribution in [3.05, 3.63) is 95.0 Å². The molecule has 0 saturated heterocycles. The number of carbonyl (C=O) groups excluding carboxylic acids is 2. The van der Waals surface area contributed by atoms with E-state index in [1.54, 1.807) is 55.5 Å². The van der Waals surface area contributed by atoms with Crippen LogP contribution in [0.4, 0.5) is 5.69 Å². The van der Waals surface area contributed by atoms with E-state index in [9.17, 15) is 9.59 Å². The van der Waals surface area contributed by atoms with Crippen molar-refractivity contribution in [2.75, 3.05) is 5.32 Å². The molecule has 3 rings (SSSR count). The summed E-state index contributed by atoms with van der Waals surface area (Å²) in [6.45, 7) is 2.10. The highest BCUT2D eigenvalue weighted by molar-refractivity contribution is 6.30. The Bertz CT molecular complexity index is 958. The molecule has 0 fully saturated rings. The first-order valence-corrected chi connectivity index (χ1v) is 9.53. The molecule has 29 heavy (non-hydrogen) atoms. The third kappa shape index (κ3) is 6.09. The number of nitrogens with one attached hydrogen (secondary N) is 2. The second-order valence-corrected chi connectivity index (χ2v) is 6.93. The molecule has 0 aliphatic heterocycles. The van der Waals surface area contributed by atoms with Gasteiger partial charge in [0.15, 0.2) is 0 Å². The molecule has 0 radical (unpaired) electrons. The molecule has 1 atom stereocenters. The number of carbonyl (C=O) groups is 2. The summed E-state index contributed by atoms with van der Waals surface area (Å²) in [5, 5.41) is 5.99. The standard InChI is InChI=1S/C23H21ClN2O3/c1-16(25-23(28)18-7-9-19(24)10-8-18)22(27)26-20-11-13-21(14-12-20)29-15-17-5-3-2-4-6-17/h2-14,16H,15H2,1H3,(H,25,28)(H,26,27). The quantitative estimate of drug-likeness (QED) is 0.596. The van der Waals surface area contributed by atoms with Gasteiger partial charge in [0.05, 0.1) is 0 Å². The minimum Gasteiger partial charge on any atom is -0.489 e.